The Morgan fingerprint density at radius 3 is 2.52 bits per heavy atom. The van der Waals surface area contributed by atoms with E-state index in [-0.39, 0.29) is 23.9 Å². The Kier molecular flexibility index (Phi) is 6.83. The van der Waals surface area contributed by atoms with Crippen molar-refractivity contribution in [3.8, 4) is 0 Å². The summed E-state index contributed by atoms with van der Waals surface area (Å²) in [6, 6.07) is 1.34. The maximum absolute atomic E-state index is 13.1. The van der Waals surface area contributed by atoms with Gasteiger partial charge in [0.15, 0.2) is 5.69 Å². The van der Waals surface area contributed by atoms with Crippen LogP contribution >= 0.6 is 0 Å². The number of piperidine rings is 1. The molecule has 9 heteroatoms. The Labute approximate surface area is 184 Å². The third kappa shape index (κ3) is 5.75. The first-order chi connectivity index (χ1) is 14.8. The van der Waals surface area contributed by atoms with Gasteiger partial charge in [-0.1, -0.05) is 17.3 Å². The summed E-state index contributed by atoms with van der Waals surface area (Å²) >= 11 is 0. The van der Waals surface area contributed by atoms with E-state index in [0.717, 1.165) is 44.5 Å². The van der Waals surface area contributed by atoms with Gasteiger partial charge in [0.25, 0.3) is 5.91 Å². The van der Waals surface area contributed by atoms with Crippen molar-refractivity contribution >= 4 is 15.9 Å². The lowest BCUT2D eigenvalue weighted by atomic mass is 9.94. The van der Waals surface area contributed by atoms with Crippen molar-refractivity contribution in [2.75, 3.05) is 20.1 Å². The topological polar surface area (TPSA) is 105 Å². The second-order valence-corrected chi connectivity index (χ2v) is 11.5. The fourth-order valence-corrected chi connectivity index (χ4v) is 6.23. The van der Waals surface area contributed by atoms with Crippen LogP contribution in [0.2, 0.25) is 0 Å². The summed E-state index contributed by atoms with van der Waals surface area (Å²) in [7, 11) is -1.36. The molecule has 2 fully saturated rings. The van der Waals surface area contributed by atoms with Crippen molar-refractivity contribution < 1.29 is 17.7 Å². The van der Waals surface area contributed by atoms with Gasteiger partial charge < -0.3 is 14.7 Å². The summed E-state index contributed by atoms with van der Waals surface area (Å²) in [5.74, 6) is 1.09. The Morgan fingerprint density at radius 1 is 1.16 bits per heavy atom. The summed E-state index contributed by atoms with van der Waals surface area (Å²) in [5.41, 5.74) is 0.295. The SMILES string of the molecule is C[C@@H](C1CCN(C)CC1)S(=O)(=O)N[C@H]1CC=CC[C@H](NC(=O)c2cc(C3CC3)on2)C1. The van der Waals surface area contributed by atoms with Crippen LogP contribution in [0.5, 0.6) is 0 Å². The number of nitrogens with one attached hydrogen (secondary N) is 2. The quantitative estimate of drug-likeness (QED) is 0.618. The van der Waals surface area contributed by atoms with Crippen molar-refractivity contribution in [2.45, 2.75) is 75.1 Å². The van der Waals surface area contributed by atoms with Crippen molar-refractivity contribution in [1.82, 2.24) is 20.1 Å². The van der Waals surface area contributed by atoms with Gasteiger partial charge in [0, 0.05) is 24.1 Å². The van der Waals surface area contributed by atoms with Crippen molar-refractivity contribution in [3.63, 3.8) is 0 Å². The Balaban J connectivity index is 1.34. The first kappa shape index (κ1) is 22.5. The van der Waals surface area contributed by atoms with E-state index in [1.54, 1.807) is 6.07 Å². The predicted molar refractivity (Wildman–Crippen MR) is 118 cm³/mol. The number of amides is 1. The predicted octanol–water partition coefficient (Wildman–Crippen LogP) is 2.41. The van der Waals surface area contributed by atoms with Gasteiger partial charge in [-0.25, -0.2) is 13.1 Å². The Morgan fingerprint density at radius 2 is 1.84 bits per heavy atom. The molecule has 1 amide bonds. The summed E-state index contributed by atoms with van der Waals surface area (Å²) in [4.78, 5) is 14.9. The van der Waals surface area contributed by atoms with Gasteiger partial charge in [-0.05, 0) is 77.9 Å². The van der Waals surface area contributed by atoms with Crippen molar-refractivity contribution in [2.24, 2.45) is 5.92 Å². The zero-order valence-electron chi connectivity index (χ0n) is 18.4. The maximum Gasteiger partial charge on any atom is 0.273 e. The van der Waals surface area contributed by atoms with E-state index in [0.29, 0.717) is 30.9 Å². The molecule has 2 N–H and O–H groups in total. The second-order valence-electron chi connectivity index (χ2n) is 9.44. The lowest BCUT2D eigenvalue weighted by molar-refractivity contribution is 0.0925. The minimum atomic E-state index is -3.44. The molecule has 8 nitrogen and oxygen atoms in total. The molecule has 1 aromatic rings. The molecule has 3 aliphatic rings. The molecule has 1 aromatic heterocycles. The molecule has 4 rings (SSSR count). The van der Waals surface area contributed by atoms with Gasteiger partial charge in [-0.15, -0.1) is 0 Å². The second kappa shape index (κ2) is 9.42. The van der Waals surface area contributed by atoms with Crippen LogP contribution in [-0.4, -0.2) is 61.9 Å². The first-order valence-corrected chi connectivity index (χ1v) is 13.0. The van der Waals surface area contributed by atoms with Crippen LogP contribution in [-0.2, 0) is 10.0 Å². The number of rotatable bonds is 7. The van der Waals surface area contributed by atoms with Crippen LogP contribution in [0.4, 0.5) is 0 Å². The molecule has 0 bridgehead atoms. The largest absolute Gasteiger partial charge is 0.360 e. The number of likely N-dealkylation sites (tertiary alicyclic amines) is 1. The average molecular weight is 451 g/mol. The fourth-order valence-electron chi connectivity index (χ4n) is 4.58. The van der Waals surface area contributed by atoms with E-state index in [9.17, 15) is 13.2 Å². The highest BCUT2D eigenvalue weighted by Gasteiger charge is 2.34. The molecule has 0 unspecified atom stereocenters. The van der Waals surface area contributed by atoms with Gasteiger partial charge in [-0.2, -0.15) is 0 Å². The number of aromatic nitrogens is 1. The van der Waals surface area contributed by atoms with Gasteiger partial charge in [0.2, 0.25) is 10.0 Å². The van der Waals surface area contributed by atoms with Crippen LogP contribution in [0, 0.1) is 5.92 Å². The summed E-state index contributed by atoms with van der Waals surface area (Å²) in [6.07, 6.45) is 9.83. The highest BCUT2D eigenvalue weighted by atomic mass is 32.2. The van der Waals surface area contributed by atoms with Crippen LogP contribution in [0.15, 0.2) is 22.7 Å². The minimum Gasteiger partial charge on any atom is -0.360 e. The average Bonchev–Trinajstić information content (AvgIpc) is 3.50. The third-order valence-electron chi connectivity index (χ3n) is 6.90. The van der Waals surface area contributed by atoms with Crippen LogP contribution < -0.4 is 10.0 Å². The third-order valence-corrected chi connectivity index (χ3v) is 8.93. The van der Waals surface area contributed by atoms with E-state index >= 15 is 0 Å². The molecule has 0 spiro atoms. The van der Waals surface area contributed by atoms with Gasteiger partial charge >= 0.3 is 0 Å². The number of carbonyl (C=O) groups excluding carboxylic acids is 1. The van der Waals surface area contributed by atoms with E-state index in [4.69, 9.17) is 4.52 Å². The normalized spacial score (nSPS) is 27.0. The fraction of sp³-hybridized carbons (Fsp3) is 0.727. The minimum absolute atomic E-state index is 0.154. The standard InChI is InChI=1S/C22H34N4O4S/c1-15(16-9-11-26(2)12-10-16)31(28,29)25-19-6-4-3-5-18(13-19)23-22(27)20-14-21(30-24-20)17-7-8-17/h3-4,14-19,25H,5-13H2,1-2H3,(H,23,27)/t15-,18-,19-/m0/s1. The highest BCUT2D eigenvalue weighted by molar-refractivity contribution is 7.90. The summed E-state index contributed by atoms with van der Waals surface area (Å²) in [5, 5.41) is 6.49. The molecular formula is C22H34N4O4S. The van der Waals surface area contributed by atoms with E-state index < -0.39 is 15.3 Å². The number of nitrogens with zero attached hydrogens (tertiary/aromatic N) is 2. The van der Waals surface area contributed by atoms with E-state index in [2.05, 4.69) is 27.1 Å². The number of hydrogen-bond acceptors (Lipinski definition) is 6. The monoisotopic (exact) mass is 450 g/mol. The highest BCUT2D eigenvalue weighted by Crippen LogP contribution is 2.40. The molecule has 1 saturated carbocycles. The number of carbonyl (C=O) groups is 1. The molecular weight excluding hydrogens is 416 g/mol. The molecule has 3 atom stereocenters. The zero-order chi connectivity index (χ0) is 22.0. The van der Waals surface area contributed by atoms with Crippen LogP contribution in [0.1, 0.15) is 74.0 Å². The smallest absolute Gasteiger partial charge is 0.273 e. The summed E-state index contributed by atoms with van der Waals surface area (Å²) < 4.78 is 34.3. The van der Waals surface area contributed by atoms with Gasteiger partial charge in [0.1, 0.15) is 5.76 Å². The molecule has 172 valence electrons. The number of sulfonamides is 1. The molecule has 31 heavy (non-hydrogen) atoms. The summed E-state index contributed by atoms with van der Waals surface area (Å²) in [6.45, 7) is 3.71. The van der Waals surface area contributed by atoms with Gasteiger partial charge in [-0.3, -0.25) is 4.79 Å². The maximum atomic E-state index is 13.1. The first-order valence-electron chi connectivity index (χ1n) is 11.4. The lowest BCUT2D eigenvalue weighted by Crippen LogP contribution is -2.47. The van der Waals surface area contributed by atoms with Crippen molar-refractivity contribution in [1.29, 1.82) is 0 Å². The molecule has 0 aromatic carbocycles. The molecule has 1 saturated heterocycles. The van der Waals surface area contributed by atoms with Crippen LogP contribution in [0.3, 0.4) is 0 Å². The van der Waals surface area contributed by atoms with Crippen molar-refractivity contribution in [3.05, 3.63) is 29.7 Å². The molecule has 2 heterocycles. The zero-order valence-corrected chi connectivity index (χ0v) is 19.2. The number of hydrogen-bond donors (Lipinski definition) is 2. The van der Waals surface area contributed by atoms with Gasteiger partial charge in [0.05, 0.1) is 5.25 Å². The molecule has 0 radical (unpaired) electrons. The van der Waals surface area contributed by atoms with Crippen LogP contribution in [0.25, 0.3) is 0 Å². The van der Waals surface area contributed by atoms with E-state index in [1.807, 2.05) is 19.1 Å². The lowest BCUT2D eigenvalue weighted by Gasteiger charge is -2.33. The van der Waals surface area contributed by atoms with E-state index in [1.165, 1.54) is 0 Å². The Hall–Kier alpha value is -1.71. The molecule has 2 aliphatic carbocycles. The Bertz CT molecular complexity index is 900. The molecule has 1 aliphatic heterocycles.